The lowest BCUT2D eigenvalue weighted by molar-refractivity contribution is -0.384. The smallest absolute Gasteiger partial charge is 0.261 e. The third-order valence-corrected chi connectivity index (χ3v) is 5.74. The first-order valence-corrected chi connectivity index (χ1v) is 9.60. The second-order valence-corrected chi connectivity index (χ2v) is 8.06. The monoisotopic (exact) mass is 359 g/mol. The van der Waals surface area contributed by atoms with Crippen LogP contribution < -0.4 is 5.01 Å². The van der Waals surface area contributed by atoms with Crippen molar-refractivity contribution >= 4 is 27.4 Å². The normalized spacial score (nSPS) is 19.1. The maximum absolute atomic E-state index is 11.8. The molecule has 130 valence electrons. The Hall–Kier alpha value is -2.74. The Kier molecular flexibility index (Phi) is 4.80. The van der Waals surface area contributed by atoms with E-state index in [9.17, 15) is 18.5 Å². The van der Waals surface area contributed by atoms with Crippen molar-refractivity contribution in [2.45, 2.75) is 12.5 Å². The van der Waals surface area contributed by atoms with Crippen molar-refractivity contribution in [1.82, 2.24) is 0 Å². The molecule has 1 fully saturated rings. The van der Waals surface area contributed by atoms with Crippen LogP contribution in [0.1, 0.15) is 12.0 Å². The molecule has 1 saturated heterocycles. The van der Waals surface area contributed by atoms with Gasteiger partial charge in [0.05, 0.1) is 34.4 Å². The Morgan fingerprint density at radius 2 is 1.92 bits per heavy atom. The van der Waals surface area contributed by atoms with Gasteiger partial charge in [-0.1, -0.05) is 30.3 Å². The molecule has 1 aliphatic heterocycles. The van der Waals surface area contributed by atoms with Crippen molar-refractivity contribution in [2.24, 2.45) is 5.10 Å². The van der Waals surface area contributed by atoms with Gasteiger partial charge in [-0.3, -0.25) is 15.1 Å². The fraction of sp³-hybridized carbons (Fsp3) is 0.235. The van der Waals surface area contributed by atoms with Crippen LogP contribution in [-0.2, 0) is 9.84 Å². The molecule has 2 aromatic rings. The van der Waals surface area contributed by atoms with E-state index in [1.165, 1.54) is 18.3 Å². The van der Waals surface area contributed by atoms with Gasteiger partial charge in [0, 0.05) is 17.7 Å². The zero-order valence-corrected chi connectivity index (χ0v) is 14.2. The summed E-state index contributed by atoms with van der Waals surface area (Å²) in [5, 5.41) is 17.0. The molecule has 0 unspecified atom stereocenters. The lowest BCUT2D eigenvalue weighted by atomic mass is 10.2. The third kappa shape index (κ3) is 4.21. The van der Waals surface area contributed by atoms with Gasteiger partial charge in [-0.05, 0) is 18.6 Å². The van der Waals surface area contributed by atoms with E-state index in [2.05, 4.69) is 5.10 Å². The Morgan fingerprint density at radius 3 is 2.56 bits per heavy atom. The molecule has 0 aliphatic carbocycles. The van der Waals surface area contributed by atoms with Crippen molar-refractivity contribution in [3.8, 4) is 0 Å². The van der Waals surface area contributed by atoms with Gasteiger partial charge >= 0.3 is 0 Å². The number of hydrogen-bond donors (Lipinski definition) is 0. The Balaban J connectivity index is 1.90. The highest BCUT2D eigenvalue weighted by molar-refractivity contribution is 7.91. The average Bonchev–Trinajstić information content (AvgIpc) is 2.96. The molecule has 3 rings (SSSR count). The number of rotatable bonds is 5. The number of nitro groups is 1. The minimum absolute atomic E-state index is 0.0151. The van der Waals surface area contributed by atoms with E-state index in [1.807, 2.05) is 30.3 Å². The summed E-state index contributed by atoms with van der Waals surface area (Å²) in [6, 6.07) is 15.2. The van der Waals surface area contributed by atoms with Crippen molar-refractivity contribution in [3.05, 3.63) is 70.3 Å². The van der Waals surface area contributed by atoms with Crippen LogP contribution in [0.15, 0.2) is 59.7 Å². The SMILES string of the molecule is O=[N+]([O-])c1cccc(/C=N\N(c2ccccc2)[C@@H]2CCS(=O)(=O)C2)c1. The minimum Gasteiger partial charge on any atom is -0.261 e. The number of anilines is 1. The maximum atomic E-state index is 11.8. The van der Waals surface area contributed by atoms with E-state index < -0.39 is 14.8 Å². The summed E-state index contributed by atoms with van der Waals surface area (Å²) >= 11 is 0. The number of sulfone groups is 1. The van der Waals surface area contributed by atoms with Gasteiger partial charge in [-0.25, -0.2) is 8.42 Å². The standard InChI is InChI=1S/C17H17N3O4S/c21-20(22)16-8-4-5-14(11-16)12-18-19(15-6-2-1-3-7-15)17-9-10-25(23,24)13-17/h1-8,11-12,17H,9-10,13H2/b18-12-/t17-/m1/s1. The van der Waals surface area contributed by atoms with E-state index in [-0.39, 0.29) is 23.2 Å². The van der Waals surface area contributed by atoms with E-state index in [0.717, 1.165) is 5.69 Å². The summed E-state index contributed by atoms with van der Waals surface area (Å²) in [6.45, 7) is 0. The topological polar surface area (TPSA) is 92.9 Å². The van der Waals surface area contributed by atoms with Crippen LogP contribution in [0.5, 0.6) is 0 Å². The van der Waals surface area contributed by atoms with Crippen molar-refractivity contribution in [3.63, 3.8) is 0 Å². The first-order chi connectivity index (χ1) is 11.9. The summed E-state index contributed by atoms with van der Waals surface area (Å²) in [5.74, 6) is 0.196. The second-order valence-electron chi connectivity index (χ2n) is 5.83. The van der Waals surface area contributed by atoms with Gasteiger partial charge in [0.25, 0.3) is 5.69 Å². The quantitative estimate of drug-likeness (QED) is 0.465. The Bertz CT molecular complexity index is 897. The van der Waals surface area contributed by atoms with E-state index in [1.54, 1.807) is 17.1 Å². The molecule has 0 spiro atoms. The summed E-state index contributed by atoms with van der Waals surface area (Å²) in [7, 11) is -3.05. The largest absolute Gasteiger partial charge is 0.270 e. The highest BCUT2D eigenvalue weighted by Gasteiger charge is 2.32. The van der Waals surface area contributed by atoms with Gasteiger partial charge in [0.1, 0.15) is 0 Å². The zero-order valence-electron chi connectivity index (χ0n) is 13.4. The van der Waals surface area contributed by atoms with Gasteiger partial charge in [0.15, 0.2) is 9.84 Å². The zero-order chi connectivity index (χ0) is 17.9. The number of hydrazone groups is 1. The number of nitro benzene ring substituents is 1. The molecule has 0 aromatic heterocycles. The molecule has 0 amide bonds. The van der Waals surface area contributed by atoms with Crippen molar-refractivity contribution in [1.29, 1.82) is 0 Å². The lowest BCUT2D eigenvalue weighted by Gasteiger charge is -2.25. The number of nitrogens with zero attached hydrogens (tertiary/aromatic N) is 3. The number of para-hydroxylation sites is 1. The second kappa shape index (κ2) is 7.02. The predicted octanol–water partition coefficient (Wildman–Crippen LogP) is 2.62. The Morgan fingerprint density at radius 1 is 1.16 bits per heavy atom. The van der Waals surface area contributed by atoms with E-state index in [4.69, 9.17) is 0 Å². The summed E-state index contributed by atoms with van der Waals surface area (Å²) in [6.07, 6.45) is 2.02. The number of benzene rings is 2. The van der Waals surface area contributed by atoms with Crippen LogP contribution in [-0.4, -0.2) is 37.1 Å². The summed E-state index contributed by atoms with van der Waals surface area (Å²) in [4.78, 5) is 10.4. The molecule has 0 N–H and O–H groups in total. The predicted molar refractivity (Wildman–Crippen MR) is 96.7 cm³/mol. The van der Waals surface area contributed by atoms with Gasteiger partial charge in [-0.15, -0.1) is 0 Å². The van der Waals surface area contributed by atoms with Crippen LogP contribution >= 0.6 is 0 Å². The molecule has 1 atom stereocenters. The molecular formula is C17H17N3O4S. The molecule has 0 saturated carbocycles. The molecular weight excluding hydrogens is 342 g/mol. The molecule has 7 nitrogen and oxygen atoms in total. The summed E-state index contributed by atoms with van der Waals surface area (Å²) in [5.41, 5.74) is 1.35. The molecule has 0 radical (unpaired) electrons. The maximum Gasteiger partial charge on any atom is 0.270 e. The molecule has 0 bridgehead atoms. The first kappa shape index (κ1) is 17.1. The molecule has 8 heteroatoms. The Labute approximate surface area is 145 Å². The molecule has 25 heavy (non-hydrogen) atoms. The highest BCUT2D eigenvalue weighted by Crippen LogP contribution is 2.24. The highest BCUT2D eigenvalue weighted by atomic mass is 32.2. The lowest BCUT2D eigenvalue weighted by Crippen LogP contribution is -2.31. The van der Waals surface area contributed by atoms with Gasteiger partial charge in [-0.2, -0.15) is 5.10 Å². The van der Waals surface area contributed by atoms with Crippen LogP contribution in [0.3, 0.4) is 0 Å². The molecule has 2 aromatic carbocycles. The van der Waals surface area contributed by atoms with Crippen LogP contribution in [0.25, 0.3) is 0 Å². The van der Waals surface area contributed by atoms with Gasteiger partial charge in [0.2, 0.25) is 0 Å². The minimum atomic E-state index is -3.05. The van der Waals surface area contributed by atoms with Crippen LogP contribution in [0.2, 0.25) is 0 Å². The van der Waals surface area contributed by atoms with Crippen molar-refractivity contribution in [2.75, 3.05) is 16.5 Å². The fourth-order valence-corrected chi connectivity index (χ4v) is 4.46. The van der Waals surface area contributed by atoms with E-state index in [0.29, 0.717) is 12.0 Å². The first-order valence-electron chi connectivity index (χ1n) is 7.78. The molecule has 1 aliphatic rings. The summed E-state index contributed by atoms with van der Waals surface area (Å²) < 4.78 is 23.6. The van der Waals surface area contributed by atoms with E-state index >= 15 is 0 Å². The van der Waals surface area contributed by atoms with Crippen LogP contribution in [0.4, 0.5) is 11.4 Å². The number of hydrogen-bond acceptors (Lipinski definition) is 6. The number of non-ortho nitro benzene ring substituents is 1. The van der Waals surface area contributed by atoms with Crippen LogP contribution in [0, 0.1) is 10.1 Å². The molecule has 1 heterocycles. The average molecular weight is 359 g/mol. The fourth-order valence-electron chi connectivity index (χ4n) is 2.77. The van der Waals surface area contributed by atoms with Crippen molar-refractivity contribution < 1.29 is 13.3 Å². The van der Waals surface area contributed by atoms with Gasteiger partial charge < -0.3 is 0 Å². The third-order valence-electron chi connectivity index (χ3n) is 3.99.